The van der Waals surface area contributed by atoms with Crippen molar-refractivity contribution < 1.29 is 9.84 Å². The quantitative estimate of drug-likeness (QED) is 0.885. The van der Waals surface area contributed by atoms with Crippen LogP contribution in [0.5, 0.6) is 0 Å². The molecule has 6 nitrogen and oxygen atoms in total. The van der Waals surface area contributed by atoms with Gasteiger partial charge in [0.1, 0.15) is 12.1 Å². The monoisotopic (exact) mass is 360 g/mol. The minimum atomic E-state index is -0.551. The number of β-amino-alcohol motifs (C(OH)–C–C–N with tert-alkyl or cyclic N) is 1. The fraction of sp³-hybridized carbons (Fsp3) is 0.800. The molecule has 1 aromatic heterocycles. The van der Waals surface area contributed by atoms with Crippen molar-refractivity contribution in [2.24, 2.45) is 11.8 Å². The number of nitrogens with zero attached hydrogens (tertiary/aromatic N) is 4. The molecule has 0 aliphatic carbocycles. The first-order chi connectivity index (χ1) is 12.3. The van der Waals surface area contributed by atoms with E-state index in [1.165, 1.54) is 0 Å². The highest BCUT2D eigenvalue weighted by molar-refractivity contribution is 5.42. The van der Waals surface area contributed by atoms with Crippen LogP contribution in [0.4, 0.5) is 5.82 Å². The minimum absolute atomic E-state index is 0.0449. The van der Waals surface area contributed by atoms with Gasteiger partial charge < -0.3 is 14.7 Å². The Hall–Kier alpha value is -1.24. The molecule has 4 heterocycles. The van der Waals surface area contributed by atoms with Crippen molar-refractivity contribution >= 4 is 5.82 Å². The van der Waals surface area contributed by atoms with E-state index in [1.54, 1.807) is 6.33 Å². The first kappa shape index (κ1) is 18.1. The second-order valence-corrected chi connectivity index (χ2v) is 9.47. The fourth-order valence-electron chi connectivity index (χ4n) is 4.66. The molecule has 26 heavy (non-hydrogen) atoms. The molecule has 3 saturated heterocycles. The summed E-state index contributed by atoms with van der Waals surface area (Å²) in [6, 6.07) is 2.16. The Bertz CT molecular complexity index is 625. The van der Waals surface area contributed by atoms with Crippen molar-refractivity contribution in [1.29, 1.82) is 0 Å². The fourth-order valence-corrected chi connectivity index (χ4v) is 4.66. The van der Waals surface area contributed by atoms with E-state index in [0.29, 0.717) is 25.0 Å². The van der Waals surface area contributed by atoms with E-state index in [2.05, 4.69) is 46.6 Å². The van der Waals surface area contributed by atoms with Crippen LogP contribution in [0.2, 0.25) is 0 Å². The van der Waals surface area contributed by atoms with E-state index >= 15 is 0 Å². The zero-order valence-electron chi connectivity index (χ0n) is 16.3. The van der Waals surface area contributed by atoms with Gasteiger partial charge in [0.15, 0.2) is 0 Å². The summed E-state index contributed by atoms with van der Waals surface area (Å²) >= 11 is 0. The van der Waals surface area contributed by atoms with E-state index in [-0.39, 0.29) is 5.41 Å². The number of hydrogen-bond donors (Lipinski definition) is 1. The highest BCUT2D eigenvalue weighted by atomic mass is 16.5. The highest BCUT2D eigenvalue weighted by Gasteiger charge is 2.43. The molecule has 0 bridgehead atoms. The molecular formula is C20H32N4O2. The lowest BCUT2D eigenvalue weighted by molar-refractivity contribution is -0.0778. The lowest BCUT2D eigenvalue weighted by Gasteiger charge is -2.36. The largest absolute Gasteiger partial charge is 0.388 e. The molecule has 0 radical (unpaired) electrons. The van der Waals surface area contributed by atoms with E-state index in [0.717, 1.165) is 57.1 Å². The molecule has 0 aromatic carbocycles. The van der Waals surface area contributed by atoms with Crippen molar-refractivity contribution in [3.05, 3.63) is 18.1 Å². The molecule has 2 unspecified atom stereocenters. The lowest BCUT2D eigenvalue weighted by Crippen LogP contribution is -2.46. The lowest BCUT2D eigenvalue weighted by atomic mass is 9.92. The first-order valence-corrected chi connectivity index (χ1v) is 9.92. The number of rotatable bonds is 3. The highest BCUT2D eigenvalue weighted by Crippen LogP contribution is 2.35. The summed E-state index contributed by atoms with van der Waals surface area (Å²) in [5.41, 5.74) is 0.594. The van der Waals surface area contributed by atoms with Gasteiger partial charge in [0, 0.05) is 70.3 Å². The molecule has 4 rings (SSSR count). The minimum Gasteiger partial charge on any atom is -0.388 e. The third kappa shape index (κ3) is 3.73. The maximum Gasteiger partial charge on any atom is 0.132 e. The van der Waals surface area contributed by atoms with Gasteiger partial charge in [0.2, 0.25) is 0 Å². The van der Waals surface area contributed by atoms with E-state index < -0.39 is 5.60 Å². The Labute approximate surface area is 156 Å². The predicted octanol–water partition coefficient (Wildman–Crippen LogP) is 1.68. The Morgan fingerprint density at radius 1 is 1.12 bits per heavy atom. The predicted molar refractivity (Wildman–Crippen MR) is 101 cm³/mol. The number of aromatic nitrogens is 2. The molecular weight excluding hydrogens is 328 g/mol. The summed E-state index contributed by atoms with van der Waals surface area (Å²) in [7, 11) is 0. The van der Waals surface area contributed by atoms with Crippen LogP contribution in [0, 0.1) is 11.8 Å². The average molecular weight is 361 g/mol. The van der Waals surface area contributed by atoms with Gasteiger partial charge in [-0.15, -0.1) is 0 Å². The molecule has 6 heteroatoms. The Morgan fingerprint density at radius 3 is 2.38 bits per heavy atom. The van der Waals surface area contributed by atoms with Gasteiger partial charge in [-0.25, -0.2) is 9.97 Å². The van der Waals surface area contributed by atoms with E-state index in [1.807, 2.05) is 0 Å². The van der Waals surface area contributed by atoms with Gasteiger partial charge in [0.05, 0.1) is 11.3 Å². The van der Waals surface area contributed by atoms with Crippen molar-refractivity contribution in [3.8, 4) is 0 Å². The van der Waals surface area contributed by atoms with Crippen LogP contribution in [0.25, 0.3) is 0 Å². The number of likely N-dealkylation sites (tertiary alicyclic amines) is 1. The number of aliphatic hydroxyl groups is 1. The number of hydrogen-bond acceptors (Lipinski definition) is 6. The number of fused-ring (bicyclic) bond motifs is 1. The molecule has 0 saturated carbocycles. The molecule has 3 aliphatic rings. The summed E-state index contributed by atoms with van der Waals surface area (Å²) < 4.78 is 5.40. The zero-order valence-corrected chi connectivity index (χ0v) is 16.3. The van der Waals surface area contributed by atoms with Crippen molar-refractivity contribution in [2.45, 2.75) is 44.6 Å². The van der Waals surface area contributed by atoms with Gasteiger partial charge in [-0.05, 0) is 11.8 Å². The van der Waals surface area contributed by atoms with Crippen molar-refractivity contribution in [3.63, 3.8) is 0 Å². The molecule has 3 aliphatic heterocycles. The van der Waals surface area contributed by atoms with E-state index in [9.17, 15) is 5.11 Å². The van der Waals surface area contributed by atoms with Crippen LogP contribution >= 0.6 is 0 Å². The standard InChI is InChI=1S/C20H32N4O2/c1-19(2,3)17-8-18(22-14-21-17)24-11-15-9-23(10-16(15)12-24)13-20(25)4-6-26-7-5-20/h8,14-16,25H,4-7,9-13H2,1-3H3. The van der Waals surface area contributed by atoms with E-state index in [4.69, 9.17) is 4.74 Å². The third-order valence-corrected chi connectivity index (χ3v) is 6.25. The van der Waals surface area contributed by atoms with Crippen LogP contribution in [-0.4, -0.2) is 71.5 Å². The summed E-state index contributed by atoms with van der Waals surface area (Å²) in [4.78, 5) is 13.9. The maximum absolute atomic E-state index is 10.8. The van der Waals surface area contributed by atoms with Gasteiger partial charge in [0.25, 0.3) is 0 Å². The summed E-state index contributed by atoms with van der Waals surface area (Å²) in [5.74, 6) is 2.41. The Morgan fingerprint density at radius 2 is 1.77 bits per heavy atom. The third-order valence-electron chi connectivity index (χ3n) is 6.25. The van der Waals surface area contributed by atoms with Crippen LogP contribution in [-0.2, 0) is 10.2 Å². The number of anilines is 1. The van der Waals surface area contributed by atoms with Crippen LogP contribution in [0.3, 0.4) is 0 Å². The molecule has 144 valence electrons. The average Bonchev–Trinajstić information content (AvgIpc) is 3.13. The van der Waals surface area contributed by atoms with Gasteiger partial charge >= 0.3 is 0 Å². The number of ether oxygens (including phenoxy) is 1. The van der Waals surface area contributed by atoms with Crippen LogP contribution < -0.4 is 4.90 Å². The topological polar surface area (TPSA) is 61.7 Å². The van der Waals surface area contributed by atoms with Crippen molar-refractivity contribution in [2.75, 3.05) is 50.8 Å². The summed E-state index contributed by atoms with van der Waals surface area (Å²) in [6.07, 6.45) is 3.24. The Kier molecular flexibility index (Phi) is 4.70. The maximum atomic E-state index is 10.8. The second kappa shape index (κ2) is 6.73. The second-order valence-electron chi connectivity index (χ2n) is 9.47. The van der Waals surface area contributed by atoms with Gasteiger partial charge in [-0.3, -0.25) is 4.90 Å². The smallest absolute Gasteiger partial charge is 0.132 e. The van der Waals surface area contributed by atoms with Crippen LogP contribution in [0.1, 0.15) is 39.3 Å². The SMILES string of the molecule is CC(C)(C)c1cc(N2CC3CN(CC4(O)CCOCC4)CC3C2)ncn1. The van der Waals surface area contributed by atoms with Gasteiger partial charge in [-0.2, -0.15) is 0 Å². The first-order valence-electron chi connectivity index (χ1n) is 9.92. The Balaban J connectivity index is 1.36. The summed E-state index contributed by atoms with van der Waals surface area (Å²) in [5, 5.41) is 10.8. The van der Waals surface area contributed by atoms with Gasteiger partial charge in [-0.1, -0.05) is 20.8 Å². The van der Waals surface area contributed by atoms with Crippen LogP contribution in [0.15, 0.2) is 12.4 Å². The molecule has 3 fully saturated rings. The molecule has 0 amide bonds. The molecule has 0 spiro atoms. The van der Waals surface area contributed by atoms with Crippen molar-refractivity contribution in [1.82, 2.24) is 14.9 Å². The molecule has 1 aromatic rings. The normalized spacial score (nSPS) is 29.2. The molecule has 2 atom stereocenters. The summed E-state index contributed by atoms with van der Waals surface area (Å²) in [6.45, 7) is 13.0. The molecule has 1 N–H and O–H groups in total. The zero-order chi connectivity index (χ0) is 18.4.